The predicted octanol–water partition coefficient (Wildman–Crippen LogP) is 5.17. The molecule has 0 saturated carbocycles. The van der Waals surface area contributed by atoms with Crippen molar-refractivity contribution < 1.29 is 18.7 Å². The molecule has 1 aliphatic rings. The summed E-state index contributed by atoms with van der Waals surface area (Å²) in [6.45, 7) is 1.69. The van der Waals surface area contributed by atoms with Gasteiger partial charge < -0.3 is 10.1 Å². The van der Waals surface area contributed by atoms with E-state index in [0.717, 1.165) is 5.56 Å². The zero-order chi connectivity index (χ0) is 22.0. The summed E-state index contributed by atoms with van der Waals surface area (Å²) in [5.41, 5.74) is 2.99. The summed E-state index contributed by atoms with van der Waals surface area (Å²) < 4.78 is 19.3. The molecule has 31 heavy (non-hydrogen) atoms. The third-order valence-corrected chi connectivity index (χ3v) is 6.28. The number of anilines is 2. The fourth-order valence-electron chi connectivity index (χ4n) is 3.42. The van der Waals surface area contributed by atoms with Crippen LogP contribution < -0.4 is 15.0 Å². The number of methoxy groups -OCH3 is 1. The van der Waals surface area contributed by atoms with E-state index in [-0.39, 0.29) is 23.0 Å². The van der Waals surface area contributed by atoms with E-state index in [1.807, 2.05) is 18.2 Å². The van der Waals surface area contributed by atoms with Gasteiger partial charge in [-0.25, -0.2) is 4.39 Å². The average Bonchev–Trinajstić information content (AvgIpc) is 3.17. The van der Waals surface area contributed by atoms with Gasteiger partial charge in [-0.2, -0.15) is 0 Å². The van der Waals surface area contributed by atoms with Gasteiger partial charge in [0.1, 0.15) is 16.9 Å². The highest BCUT2D eigenvalue weighted by Gasteiger charge is 2.34. The molecule has 1 atom stereocenters. The Morgan fingerprint density at radius 3 is 2.71 bits per heavy atom. The molecule has 0 bridgehead atoms. The number of benzene rings is 3. The minimum absolute atomic E-state index is 0.0796. The number of amides is 2. The SMILES string of the molecule is COc1cccc(C(=O)Nc2cccc(C3SCC(=O)N3c3ccc(C)c(F)c3)c2)c1. The van der Waals surface area contributed by atoms with Gasteiger partial charge in [0, 0.05) is 16.9 Å². The van der Waals surface area contributed by atoms with Crippen LogP contribution in [0.3, 0.4) is 0 Å². The van der Waals surface area contributed by atoms with Crippen LogP contribution in [0, 0.1) is 12.7 Å². The van der Waals surface area contributed by atoms with Crippen molar-refractivity contribution in [2.75, 3.05) is 23.1 Å². The molecular weight excluding hydrogens is 415 g/mol. The number of aryl methyl sites for hydroxylation is 1. The third kappa shape index (κ3) is 4.41. The second-order valence-corrected chi connectivity index (χ2v) is 8.24. The molecule has 1 N–H and O–H groups in total. The van der Waals surface area contributed by atoms with Gasteiger partial charge in [-0.1, -0.05) is 24.3 Å². The van der Waals surface area contributed by atoms with Gasteiger partial charge >= 0.3 is 0 Å². The Hall–Kier alpha value is -3.32. The monoisotopic (exact) mass is 436 g/mol. The van der Waals surface area contributed by atoms with Crippen molar-refractivity contribution in [2.24, 2.45) is 0 Å². The second-order valence-electron chi connectivity index (χ2n) is 7.17. The quantitative estimate of drug-likeness (QED) is 0.599. The van der Waals surface area contributed by atoms with Crippen molar-refractivity contribution in [1.29, 1.82) is 0 Å². The summed E-state index contributed by atoms with van der Waals surface area (Å²) in [5, 5.41) is 2.59. The van der Waals surface area contributed by atoms with E-state index in [9.17, 15) is 14.0 Å². The number of rotatable bonds is 5. The zero-order valence-electron chi connectivity index (χ0n) is 17.1. The Kier molecular flexibility index (Phi) is 5.95. The average molecular weight is 437 g/mol. The summed E-state index contributed by atoms with van der Waals surface area (Å²) in [5.74, 6) is 0.219. The van der Waals surface area contributed by atoms with Crippen LogP contribution in [0.15, 0.2) is 66.7 Å². The van der Waals surface area contributed by atoms with E-state index in [1.165, 1.54) is 17.8 Å². The molecule has 0 spiro atoms. The molecule has 1 aliphatic heterocycles. The highest BCUT2D eigenvalue weighted by molar-refractivity contribution is 8.00. The normalized spacial score (nSPS) is 15.8. The number of halogens is 1. The maximum Gasteiger partial charge on any atom is 0.255 e. The predicted molar refractivity (Wildman–Crippen MR) is 121 cm³/mol. The van der Waals surface area contributed by atoms with Crippen molar-refractivity contribution >= 4 is 35.0 Å². The Morgan fingerprint density at radius 2 is 1.94 bits per heavy atom. The number of nitrogens with zero attached hydrogens (tertiary/aromatic N) is 1. The van der Waals surface area contributed by atoms with Crippen molar-refractivity contribution in [3.05, 3.63) is 89.2 Å². The first kappa shape index (κ1) is 20.9. The highest BCUT2D eigenvalue weighted by atomic mass is 32.2. The summed E-state index contributed by atoms with van der Waals surface area (Å²) in [6, 6.07) is 19.1. The van der Waals surface area contributed by atoms with E-state index in [1.54, 1.807) is 61.4 Å². The van der Waals surface area contributed by atoms with Gasteiger partial charge in [-0.15, -0.1) is 11.8 Å². The van der Waals surface area contributed by atoms with Crippen molar-refractivity contribution in [3.8, 4) is 5.75 Å². The maximum atomic E-state index is 14.1. The fourth-order valence-corrected chi connectivity index (χ4v) is 4.59. The molecule has 1 unspecified atom stereocenters. The first-order chi connectivity index (χ1) is 15.0. The Labute approximate surface area is 184 Å². The van der Waals surface area contributed by atoms with Crippen molar-refractivity contribution in [3.63, 3.8) is 0 Å². The zero-order valence-corrected chi connectivity index (χ0v) is 17.9. The molecule has 7 heteroatoms. The molecule has 0 radical (unpaired) electrons. The van der Waals surface area contributed by atoms with Gasteiger partial charge in [-0.3, -0.25) is 14.5 Å². The second kappa shape index (κ2) is 8.81. The van der Waals surface area contributed by atoms with Crippen molar-refractivity contribution in [2.45, 2.75) is 12.3 Å². The lowest BCUT2D eigenvalue weighted by Crippen LogP contribution is -2.28. The molecule has 1 heterocycles. The number of nitrogens with one attached hydrogen (secondary N) is 1. The summed E-state index contributed by atoms with van der Waals surface area (Å²) in [7, 11) is 1.55. The number of ether oxygens (including phenoxy) is 1. The van der Waals surface area contributed by atoms with Crippen LogP contribution in [0.1, 0.15) is 26.9 Å². The van der Waals surface area contributed by atoms with E-state index in [4.69, 9.17) is 4.74 Å². The van der Waals surface area contributed by atoms with E-state index < -0.39 is 0 Å². The van der Waals surface area contributed by atoms with E-state index >= 15 is 0 Å². The van der Waals surface area contributed by atoms with Gasteiger partial charge in [0.15, 0.2) is 0 Å². The lowest BCUT2D eigenvalue weighted by Gasteiger charge is -2.25. The largest absolute Gasteiger partial charge is 0.497 e. The molecular formula is C24H21FN2O3S. The van der Waals surface area contributed by atoms with Crippen LogP contribution in [-0.4, -0.2) is 24.7 Å². The topological polar surface area (TPSA) is 58.6 Å². The van der Waals surface area contributed by atoms with Crippen LogP contribution in [0.4, 0.5) is 15.8 Å². The van der Waals surface area contributed by atoms with Gasteiger partial charge in [0.05, 0.1) is 12.9 Å². The number of hydrogen-bond donors (Lipinski definition) is 1. The number of carbonyl (C=O) groups excluding carboxylic acids is 2. The van der Waals surface area contributed by atoms with Gasteiger partial charge in [-0.05, 0) is 60.5 Å². The standard InChI is InChI=1S/C24H21FN2O3S/c1-15-9-10-19(13-21(15)25)27-22(28)14-31-24(27)17-6-3-7-18(11-17)26-23(29)16-5-4-8-20(12-16)30-2/h3-13,24H,14H2,1-2H3,(H,26,29). The maximum absolute atomic E-state index is 14.1. The van der Waals surface area contributed by atoms with Crippen LogP contribution in [0.25, 0.3) is 0 Å². The molecule has 0 aromatic heterocycles. The van der Waals surface area contributed by atoms with Crippen LogP contribution >= 0.6 is 11.8 Å². The van der Waals surface area contributed by atoms with E-state index in [2.05, 4.69) is 5.32 Å². The lowest BCUT2D eigenvalue weighted by molar-refractivity contribution is -0.115. The van der Waals surface area contributed by atoms with E-state index in [0.29, 0.717) is 34.0 Å². The van der Waals surface area contributed by atoms with Crippen LogP contribution in [0.2, 0.25) is 0 Å². The third-order valence-electron chi connectivity index (χ3n) is 5.06. The van der Waals surface area contributed by atoms with Crippen molar-refractivity contribution in [1.82, 2.24) is 0 Å². The lowest BCUT2D eigenvalue weighted by atomic mass is 10.1. The Balaban J connectivity index is 1.58. The molecule has 158 valence electrons. The van der Waals surface area contributed by atoms with Crippen LogP contribution in [-0.2, 0) is 4.79 Å². The summed E-state index contributed by atoms with van der Waals surface area (Å²) >= 11 is 1.47. The summed E-state index contributed by atoms with van der Waals surface area (Å²) in [6.07, 6.45) is 0. The molecule has 0 aliphatic carbocycles. The number of thioether (sulfide) groups is 1. The smallest absolute Gasteiger partial charge is 0.255 e. The molecule has 1 saturated heterocycles. The number of hydrogen-bond acceptors (Lipinski definition) is 4. The molecule has 2 amide bonds. The van der Waals surface area contributed by atoms with Gasteiger partial charge in [0.25, 0.3) is 5.91 Å². The van der Waals surface area contributed by atoms with Gasteiger partial charge in [0.2, 0.25) is 5.91 Å². The molecule has 3 aromatic rings. The van der Waals surface area contributed by atoms with Crippen LogP contribution in [0.5, 0.6) is 5.75 Å². The Morgan fingerprint density at radius 1 is 1.13 bits per heavy atom. The first-order valence-corrected chi connectivity index (χ1v) is 10.8. The minimum Gasteiger partial charge on any atom is -0.497 e. The molecule has 3 aromatic carbocycles. The molecule has 1 fully saturated rings. The first-order valence-electron chi connectivity index (χ1n) is 9.71. The summed E-state index contributed by atoms with van der Waals surface area (Å²) in [4.78, 5) is 26.8. The molecule has 5 nitrogen and oxygen atoms in total. The fraction of sp³-hybridized carbons (Fsp3) is 0.167. The Bertz CT molecular complexity index is 1150. The number of carbonyl (C=O) groups is 2. The highest BCUT2D eigenvalue weighted by Crippen LogP contribution is 2.42. The minimum atomic E-state index is -0.347. The molecule has 4 rings (SSSR count).